The lowest BCUT2D eigenvalue weighted by atomic mass is 10.00. The monoisotopic (exact) mass is 302 g/mol. The molecule has 1 unspecified atom stereocenters. The summed E-state index contributed by atoms with van der Waals surface area (Å²) in [4.78, 5) is 0.388. The first-order valence-corrected chi connectivity index (χ1v) is 7.24. The largest absolute Gasteiger partial charge is 0.0835 e. The maximum absolute atomic E-state index is 3.81. The van der Waals surface area contributed by atoms with Gasteiger partial charge in [0.15, 0.2) is 0 Å². The SMILES string of the molecule is Cc1ccc(CC(Br)c2cc(C)cc(C)c2)cc1. The zero-order valence-electron chi connectivity index (χ0n) is 11.2. The zero-order valence-corrected chi connectivity index (χ0v) is 12.8. The zero-order chi connectivity index (χ0) is 13.1. The number of hydrogen-bond donors (Lipinski definition) is 0. The molecule has 1 atom stereocenters. The van der Waals surface area contributed by atoms with E-state index in [1.54, 1.807) is 0 Å². The Kier molecular flexibility index (Phi) is 4.23. The molecular formula is C17H19Br. The van der Waals surface area contributed by atoms with Gasteiger partial charge < -0.3 is 0 Å². The van der Waals surface area contributed by atoms with Crippen LogP contribution >= 0.6 is 15.9 Å². The second-order valence-corrected chi connectivity index (χ2v) is 6.18. The molecular weight excluding hydrogens is 284 g/mol. The number of aryl methyl sites for hydroxylation is 3. The van der Waals surface area contributed by atoms with Gasteiger partial charge in [-0.2, -0.15) is 0 Å². The van der Waals surface area contributed by atoms with Crippen molar-refractivity contribution in [3.8, 4) is 0 Å². The Morgan fingerprint density at radius 1 is 0.833 bits per heavy atom. The van der Waals surface area contributed by atoms with E-state index in [4.69, 9.17) is 0 Å². The molecule has 0 bridgehead atoms. The molecule has 0 saturated heterocycles. The van der Waals surface area contributed by atoms with Gasteiger partial charge in [-0.25, -0.2) is 0 Å². The average Bonchev–Trinajstić information content (AvgIpc) is 2.31. The Morgan fingerprint density at radius 3 is 1.94 bits per heavy atom. The van der Waals surface area contributed by atoms with Crippen molar-refractivity contribution in [3.63, 3.8) is 0 Å². The molecule has 2 aromatic carbocycles. The van der Waals surface area contributed by atoms with E-state index in [-0.39, 0.29) is 0 Å². The fraction of sp³-hybridized carbons (Fsp3) is 0.294. The summed E-state index contributed by atoms with van der Waals surface area (Å²) in [6, 6.07) is 15.5. The standard InChI is InChI=1S/C17H19Br/c1-12-4-6-15(7-5-12)11-17(18)16-9-13(2)8-14(3)10-16/h4-10,17H,11H2,1-3H3. The summed E-state index contributed by atoms with van der Waals surface area (Å²) in [5, 5.41) is 0. The Hall–Kier alpha value is -1.08. The summed E-state index contributed by atoms with van der Waals surface area (Å²) < 4.78 is 0. The Morgan fingerprint density at radius 2 is 1.39 bits per heavy atom. The molecule has 0 aliphatic rings. The molecule has 2 aromatic rings. The van der Waals surface area contributed by atoms with Crippen LogP contribution in [0, 0.1) is 20.8 Å². The van der Waals surface area contributed by atoms with Crippen molar-refractivity contribution in [2.45, 2.75) is 32.0 Å². The van der Waals surface area contributed by atoms with Gasteiger partial charge >= 0.3 is 0 Å². The Balaban J connectivity index is 2.16. The highest BCUT2D eigenvalue weighted by molar-refractivity contribution is 9.09. The fourth-order valence-electron chi connectivity index (χ4n) is 2.24. The summed E-state index contributed by atoms with van der Waals surface area (Å²) in [5.74, 6) is 0. The van der Waals surface area contributed by atoms with Gasteiger partial charge in [0, 0.05) is 4.83 Å². The predicted molar refractivity (Wildman–Crippen MR) is 82.5 cm³/mol. The quantitative estimate of drug-likeness (QED) is 0.676. The van der Waals surface area contributed by atoms with Crippen LogP contribution < -0.4 is 0 Å². The van der Waals surface area contributed by atoms with Crippen LogP contribution in [0.5, 0.6) is 0 Å². The molecule has 1 heteroatoms. The molecule has 0 fully saturated rings. The van der Waals surface area contributed by atoms with Crippen LogP contribution in [-0.2, 0) is 6.42 Å². The van der Waals surface area contributed by atoms with Crippen molar-refractivity contribution in [1.82, 2.24) is 0 Å². The van der Waals surface area contributed by atoms with E-state index < -0.39 is 0 Å². The number of halogens is 1. The van der Waals surface area contributed by atoms with Crippen LogP contribution in [0.4, 0.5) is 0 Å². The van der Waals surface area contributed by atoms with Crippen LogP contribution in [0.2, 0.25) is 0 Å². The lowest BCUT2D eigenvalue weighted by Gasteiger charge is -2.12. The van der Waals surface area contributed by atoms with Gasteiger partial charge in [0.05, 0.1) is 0 Å². The first-order valence-electron chi connectivity index (χ1n) is 6.32. The van der Waals surface area contributed by atoms with Gasteiger partial charge in [-0.05, 0) is 38.3 Å². The van der Waals surface area contributed by atoms with E-state index >= 15 is 0 Å². The average molecular weight is 303 g/mol. The van der Waals surface area contributed by atoms with Gasteiger partial charge in [-0.1, -0.05) is 75.1 Å². The molecule has 0 nitrogen and oxygen atoms in total. The van der Waals surface area contributed by atoms with Gasteiger partial charge in [-0.3, -0.25) is 0 Å². The van der Waals surface area contributed by atoms with E-state index in [1.165, 1.54) is 27.8 Å². The molecule has 0 saturated carbocycles. The van der Waals surface area contributed by atoms with Gasteiger partial charge in [0.25, 0.3) is 0 Å². The summed E-state index contributed by atoms with van der Waals surface area (Å²) in [7, 11) is 0. The fourth-order valence-corrected chi connectivity index (χ4v) is 2.88. The highest BCUT2D eigenvalue weighted by Crippen LogP contribution is 2.28. The van der Waals surface area contributed by atoms with Gasteiger partial charge in [0.2, 0.25) is 0 Å². The summed E-state index contributed by atoms with van der Waals surface area (Å²) in [5.41, 5.74) is 6.72. The van der Waals surface area contributed by atoms with Crippen LogP contribution in [-0.4, -0.2) is 0 Å². The summed E-state index contributed by atoms with van der Waals surface area (Å²) in [6.45, 7) is 6.43. The van der Waals surface area contributed by atoms with Crippen LogP contribution in [0.25, 0.3) is 0 Å². The van der Waals surface area contributed by atoms with Crippen LogP contribution in [0.1, 0.15) is 32.6 Å². The lowest BCUT2D eigenvalue weighted by Crippen LogP contribution is -1.97. The molecule has 0 amide bonds. The normalized spacial score (nSPS) is 12.4. The molecule has 0 aromatic heterocycles. The molecule has 18 heavy (non-hydrogen) atoms. The molecule has 94 valence electrons. The molecule has 0 spiro atoms. The highest BCUT2D eigenvalue weighted by atomic mass is 79.9. The molecule has 0 aliphatic carbocycles. The maximum atomic E-state index is 3.81. The third kappa shape index (κ3) is 3.46. The first kappa shape index (κ1) is 13.4. The van der Waals surface area contributed by atoms with Crippen molar-refractivity contribution in [1.29, 1.82) is 0 Å². The minimum atomic E-state index is 0.388. The second-order valence-electron chi connectivity index (χ2n) is 5.08. The smallest absolute Gasteiger partial charge is 0.0435 e. The summed E-state index contributed by atoms with van der Waals surface area (Å²) in [6.07, 6.45) is 1.03. The number of rotatable bonds is 3. The topological polar surface area (TPSA) is 0 Å². The van der Waals surface area contributed by atoms with Crippen LogP contribution in [0.3, 0.4) is 0 Å². The molecule has 0 radical (unpaired) electrons. The highest BCUT2D eigenvalue weighted by Gasteiger charge is 2.09. The molecule has 0 N–H and O–H groups in total. The maximum Gasteiger partial charge on any atom is 0.0435 e. The minimum absolute atomic E-state index is 0.388. The van der Waals surface area contributed by atoms with E-state index in [0.29, 0.717) is 4.83 Å². The first-order chi connectivity index (χ1) is 8.54. The van der Waals surface area contributed by atoms with Crippen molar-refractivity contribution in [3.05, 3.63) is 70.3 Å². The van der Waals surface area contributed by atoms with E-state index in [2.05, 4.69) is 79.2 Å². The Bertz CT molecular complexity index is 506. The van der Waals surface area contributed by atoms with Gasteiger partial charge in [0.1, 0.15) is 0 Å². The van der Waals surface area contributed by atoms with E-state index in [0.717, 1.165) is 6.42 Å². The van der Waals surface area contributed by atoms with E-state index in [9.17, 15) is 0 Å². The van der Waals surface area contributed by atoms with Crippen molar-refractivity contribution in [2.24, 2.45) is 0 Å². The lowest BCUT2D eigenvalue weighted by molar-refractivity contribution is 0.943. The number of benzene rings is 2. The molecule has 0 heterocycles. The third-order valence-electron chi connectivity index (χ3n) is 3.14. The summed E-state index contributed by atoms with van der Waals surface area (Å²) >= 11 is 3.81. The predicted octanol–water partition coefficient (Wildman–Crippen LogP) is 5.29. The number of alkyl halides is 1. The van der Waals surface area contributed by atoms with Crippen molar-refractivity contribution < 1.29 is 0 Å². The number of hydrogen-bond acceptors (Lipinski definition) is 0. The second kappa shape index (κ2) is 5.71. The van der Waals surface area contributed by atoms with Gasteiger partial charge in [-0.15, -0.1) is 0 Å². The third-order valence-corrected chi connectivity index (χ3v) is 3.99. The minimum Gasteiger partial charge on any atom is -0.0835 e. The van der Waals surface area contributed by atoms with Crippen LogP contribution in [0.15, 0.2) is 42.5 Å². The van der Waals surface area contributed by atoms with E-state index in [1.807, 2.05) is 0 Å². The van der Waals surface area contributed by atoms with Crippen molar-refractivity contribution in [2.75, 3.05) is 0 Å². The Labute approximate surface area is 118 Å². The molecule has 0 aliphatic heterocycles. The van der Waals surface area contributed by atoms with Crippen molar-refractivity contribution >= 4 is 15.9 Å². The molecule has 2 rings (SSSR count).